The lowest BCUT2D eigenvalue weighted by atomic mass is 10.1. The third-order valence-corrected chi connectivity index (χ3v) is 11.0. The molecule has 0 spiro atoms. The minimum Gasteiger partial charge on any atom is -0.494 e. The lowest BCUT2D eigenvalue weighted by Gasteiger charge is -2.26. The number of hydrogen-bond donors (Lipinski definition) is 6. The summed E-state index contributed by atoms with van der Waals surface area (Å²) >= 11 is 0. The Hall–Kier alpha value is -7.70. The van der Waals surface area contributed by atoms with Gasteiger partial charge in [-0.05, 0) is 77.6 Å². The number of esters is 2. The lowest BCUT2D eigenvalue weighted by molar-refractivity contribution is -0.552. The summed E-state index contributed by atoms with van der Waals surface area (Å²) in [5, 5.41) is 22.5. The molecule has 0 saturated carbocycles. The molecular formula is C54H68N7O12+. The molecule has 4 atom stereocenters. The van der Waals surface area contributed by atoms with E-state index in [9.17, 15) is 43.5 Å². The van der Waals surface area contributed by atoms with Crippen molar-refractivity contribution < 1.29 is 62.2 Å². The second kappa shape index (κ2) is 26.1. The van der Waals surface area contributed by atoms with Crippen molar-refractivity contribution in [3.05, 3.63) is 108 Å². The number of fused-ring (bicyclic) bond motifs is 1. The van der Waals surface area contributed by atoms with Crippen LogP contribution in [0.2, 0.25) is 0 Å². The second-order valence-electron chi connectivity index (χ2n) is 19.8. The van der Waals surface area contributed by atoms with Crippen molar-refractivity contribution in [3.63, 3.8) is 0 Å². The smallest absolute Gasteiger partial charge is 0.359 e. The molecule has 0 aliphatic carbocycles. The zero-order valence-electron chi connectivity index (χ0n) is 42.6. The van der Waals surface area contributed by atoms with Crippen molar-refractivity contribution in [2.75, 3.05) is 18.5 Å². The Kier molecular flexibility index (Phi) is 20.1. The van der Waals surface area contributed by atoms with E-state index >= 15 is 0 Å². The maximum atomic E-state index is 13.9. The van der Waals surface area contributed by atoms with Crippen molar-refractivity contribution in [2.24, 2.45) is 0 Å². The summed E-state index contributed by atoms with van der Waals surface area (Å²) in [5.74, 6) is -5.46. The molecule has 4 amide bonds. The summed E-state index contributed by atoms with van der Waals surface area (Å²) in [5.41, 5.74) is 2.50. The number of nitrogens with zero attached hydrogens (tertiary/aromatic N) is 2. The van der Waals surface area contributed by atoms with Crippen LogP contribution in [-0.2, 0) is 55.9 Å². The van der Waals surface area contributed by atoms with Crippen LogP contribution < -0.4 is 35.9 Å². The molecule has 4 aromatic rings. The molecule has 3 aromatic carbocycles. The van der Waals surface area contributed by atoms with E-state index in [1.54, 1.807) is 52.3 Å². The first-order chi connectivity index (χ1) is 34.5. The molecule has 1 unspecified atom stereocenters. The van der Waals surface area contributed by atoms with Crippen LogP contribution in [-0.4, -0.2) is 106 Å². The number of carbonyl (C=O) groups excluding carboxylic acids is 7. The van der Waals surface area contributed by atoms with Gasteiger partial charge in [0.15, 0.2) is 6.04 Å². The molecule has 1 aliphatic rings. The monoisotopic (exact) mass is 1010 g/mol. The third kappa shape index (κ3) is 18.8. The van der Waals surface area contributed by atoms with Gasteiger partial charge in [-0.2, -0.15) is 4.57 Å². The average molecular weight is 1010 g/mol. The summed E-state index contributed by atoms with van der Waals surface area (Å²) in [6.07, 6.45) is 3.30. The Morgan fingerprint density at radius 3 is 1.85 bits per heavy atom. The second-order valence-corrected chi connectivity index (χ2v) is 19.8. The standard InChI is InChI=1S/C54H67N7O12/c1-34(62)56-40(30-45(63)64)50(68)60-42(32-47(66)73-54(5,6)7)51(69)59-41(31-46(65)72-53(2,3)4)49(67)55-25-16-8-9-17-26-71-38-24-18-21-36(27-38)29-43-52(70)61-33-44(37-22-14-11-15-23-37)57-39(48(61)58-43)28-35-19-12-10-13-20-35/h10-15,18-24,27,33,40-43H,8-9,16-17,25-26,28-32H2,1-7H3,(H5,55,56,59,60,62,63,64,67,68,69)/p+1/t40-,41-,42-,43?/m0/s1. The predicted octanol–water partition coefficient (Wildman–Crippen LogP) is 4.77. The molecule has 19 heteroatoms. The number of unbranched alkanes of at least 4 members (excludes halogenated alkanes) is 3. The van der Waals surface area contributed by atoms with Gasteiger partial charge in [-0.15, -0.1) is 0 Å². The summed E-state index contributed by atoms with van der Waals surface area (Å²) in [6.45, 7) is 11.3. The Balaban J connectivity index is 1.13. The van der Waals surface area contributed by atoms with E-state index in [4.69, 9.17) is 19.2 Å². The molecule has 0 bridgehead atoms. The SMILES string of the molecule is CC(=O)N[C@@H](CC(=O)O)C(=O)N[C@@H](CC(=O)OC(C)(C)C)C(=O)N[C@@H](CC(=O)OC(C)(C)C)C(=O)NCCCCCCOc1cccc(CC2Nc3c(Cc4ccccc4)nc(-c4ccccc4)c[n+]3C2=O)c1. The fourth-order valence-corrected chi connectivity index (χ4v) is 7.87. The van der Waals surface area contributed by atoms with Gasteiger partial charge in [-0.3, -0.25) is 38.9 Å². The fourth-order valence-electron chi connectivity index (χ4n) is 7.87. The number of aliphatic carboxylic acids is 1. The first-order valence-electron chi connectivity index (χ1n) is 24.4. The normalized spacial score (nSPS) is 14.3. The highest BCUT2D eigenvalue weighted by Crippen LogP contribution is 2.26. The lowest BCUT2D eigenvalue weighted by Crippen LogP contribution is -2.58. The van der Waals surface area contributed by atoms with Crippen molar-refractivity contribution in [1.29, 1.82) is 0 Å². The van der Waals surface area contributed by atoms with Gasteiger partial charge in [-0.25, -0.2) is 9.78 Å². The van der Waals surface area contributed by atoms with E-state index in [2.05, 4.69) is 26.6 Å². The summed E-state index contributed by atoms with van der Waals surface area (Å²) < 4.78 is 18.5. The van der Waals surface area contributed by atoms with Crippen LogP contribution >= 0.6 is 0 Å². The number of rotatable bonds is 25. The Labute approximate surface area is 425 Å². The zero-order chi connectivity index (χ0) is 53.3. The van der Waals surface area contributed by atoms with Crippen LogP contribution in [0.4, 0.5) is 5.82 Å². The van der Waals surface area contributed by atoms with E-state index < -0.39 is 96.2 Å². The number of anilines is 1. The number of nitrogens with one attached hydrogen (secondary N) is 5. The molecule has 1 aliphatic heterocycles. The molecule has 73 heavy (non-hydrogen) atoms. The Morgan fingerprint density at radius 1 is 0.699 bits per heavy atom. The van der Waals surface area contributed by atoms with Crippen LogP contribution in [0, 0.1) is 0 Å². The first kappa shape index (κ1) is 56.2. The van der Waals surface area contributed by atoms with Gasteiger partial charge in [0.1, 0.15) is 52.7 Å². The van der Waals surface area contributed by atoms with E-state index in [0.717, 1.165) is 35.7 Å². The molecule has 0 radical (unpaired) electrons. The van der Waals surface area contributed by atoms with E-state index in [1.165, 1.54) is 0 Å². The third-order valence-electron chi connectivity index (χ3n) is 11.0. The number of hydrogen-bond acceptors (Lipinski definition) is 13. The highest BCUT2D eigenvalue weighted by Gasteiger charge is 2.41. The van der Waals surface area contributed by atoms with E-state index in [0.29, 0.717) is 56.0 Å². The Bertz CT molecular complexity index is 2580. The van der Waals surface area contributed by atoms with Gasteiger partial charge >= 0.3 is 29.6 Å². The molecule has 5 rings (SSSR count). The quantitative estimate of drug-likeness (QED) is 0.0297. The number of carboxylic acid groups (broad SMARTS) is 1. The van der Waals surface area contributed by atoms with Crippen LogP contribution in [0.1, 0.15) is 115 Å². The van der Waals surface area contributed by atoms with Gasteiger partial charge < -0.3 is 40.6 Å². The largest absolute Gasteiger partial charge is 0.494 e. The highest BCUT2D eigenvalue weighted by atomic mass is 16.6. The van der Waals surface area contributed by atoms with E-state index in [-0.39, 0.29) is 12.5 Å². The van der Waals surface area contributed by atoms with Crippen molar-refractivity contribution >= 4 is 53.3 Å². The first-order valence-corrected chi connectivity index (χ1v) is 24.4. The number of carboxylic acids is 1. The summed E-state index contributed by atoms with van der Waals surface area (Å²) in [6, 6.07) is 22.1. The summed E-state index contributed by atoms with van der Waals surface area (Å²) in [4.78, 5) is 109. The minimum absolute atomic E-state index is 0.0748. The van der Waals surface area contributed by atoms with Crippen LogP contribution in [0.15, 0.2) is 91.1 Å². The molecule has 0 saturated heterocycles. The highest BCUT2D eigenvalue weighted by molar-refractivity contribution is 5.97. The van der Waals surface area contributed by atoms with Gasteiger partial charge in [0.05, 0.1) is 25.9 Å². The molecule has 0 fully saturated rings. The molecule has 1 aromatic heterocycles. The van der Waals surface area contributed by atoms with Crippen LogP contribution in [0.3, 0.4) is 0 Å². The van der Waals surface area contributed by atoms with Gasteiger partial charge in [0.2, 0.25) is 23.6 Å². The van der Waals surface area contributed by atoms with Gasteiger partial charge in [0.25, 0.3) is 0 Å². The van der Waals surface area contributed by atoms with Crippen molar-refractivity contribution in [2.45, 2.75) is 142 Å². The van der Waals surface area contributed by atoms with Crippen LogP contribution in [0.5, 0.6) is 5.75 Å². The van der Waals surface area contributed by atoms with Crippen molar-refractivity contribution in [3.8, 4) is 17.0 Å². The topological polar surface area (TPSA) is 261 Å². The molecule has 390 valence electrons. The Morgan fingerprint density at radius 2 is 1.26 bits per heavy atom. The predicted molar refractivity (Wildman–Crippen MR) is 269 cm³/mol. The molecule has 2 heterocycles. The number of carbonyl (C=O) groups is 8. The zero-order valence-corrected chi connectivity index (χ0v) is 42.6. The van der Waals surface area contributed by atoms with Crippen molar-refractivity contribution in [1.82, 2.24) is 26.3 Å². The van der Waals surface area contributed by atoms with Gasteiger partial charge in [0, 0.05) is 31.9 Å². The number of ether oxygens (including phenoxy) is 3. The summed E-state index contributed by atoms with van der Waals surface area (Å²) in [7, 11) is 0. The number of aromatic nitrogens is 2. The molecule has 19 nitrogen and oxygen atoms in total. The average Bonchev–Trinajstić information content (AvgIpc) is 3.62. The number of amides is 4. The number of benzene rings is 3. The van der Waals surface area contributed by atoms with Gasteiger partial charge in [-0.1, -0.05) is 85.6 Å². The maximum Gasteiger partial charge on any atom is 0.359 e. The van der Waals surface area contributed by atoms with E-state index in [1.807, 2.05) is 84.9 Å². The molecular weight excluding hydrogens is 939 g/mol. The minimum atomic E-state index is -1.71. The fraction of sp³-hybridized carbons (Fsp3) is 0.444. The maximum absolute atomic E-state index is 13.9. The molecule has 6 N–H and O–H groups in total. The van der Waals surface area contributed by atoms with Crippen LogP contribution in [0.25, 0.3) is 11.3 Å².